The molecule has 0 aromatic heterocycles. The van der Waals surface area contributed by atoms with E-state index in [1.165, 1.54) is 32.4 Å². The number of likely N-dealkylation sites (tertiary alicyclic amines) is 1. The molecule has 0 spiro atoms. The molecule has 14 heavy (non-hydrogen) atoms. The van der Waals surface area contributed by atoms with Gasteiger partial charge in [0.15, 0.2) is 0 Å². The second-order valence-electron chi connectivity index (χ2n) is 4.08. The van der Waals surface area contributed by atoms with Crippen LogP contribution in [0.1, 0.15) is 26.2 Å². The minimum Gasteiger partial charge on any atom is -0.379 e. The number of hydrogen-bond donors (Lipinski definition) is 1. The molecular weight excluding hydrogens is 194 g/mol. The Balaban J connectivity index is 1.98. The fourth-order valence-corrected chi connectivity index (χ4v) is 2.25. The van der Waals surface area contributed by atoms with Crippen LogP contribution in [-0.4, -0.2) is 43.5 Å². The molecule has 1 aliphatic rings. The molecule has 0 bridgehead atoms. The van der Waals surface area contributed by atoms with Gasteiger partial charge in [-0.3, -0.25) is 0 Å². The van der Waals surface area contributed by atoms with Gasteiger partial charge in [-0.25, -0.2) is 0 Å². The second kappa shape index (κ2) is 7.55. The minimum atomic E-state index is 0.787. The van der Waals surface area contributed by atoms with E-state index >= 15 is 0 Å². The van der Waals surface area contributed by atoms with Crippen molar-refractivity contribution in [3.05, 3.63) is 0 Å². The lowest BCUT2D eigenvalue weighted by molar-refractivity contribution is 0.122. The van der Waals surface area contributed by atoms with E-state index in [1.54, 1.807) is 0 Å². The quantitative estimate of drug-likeness (QED) is 0.517. The van der Waals surface area contributed by atoms with E-state index in [1.807, 2.05) is 0 Å². The third-order valence-corrected chi connectivity index (χ3v) is 3.04. The van der Waals surface area contributed by atoms with E-state index in [0.29, 0.717) is 0 Å². The number of nitrogens with zero attached hydrogens (tertiary/aromatic N) is 1. The molecule has 1 saturated heterocycles. The molecule has 0 aliphatic carbocycles. The van der Waals surface area contributed by atoms with Crippen LogP contribution in [0.3, 0.4) is 0 Å². The molecule has 0 aromatic carbocycles. The molecule has 3 heteroatoms. The maximum atomic E-state index is 5.42. The zero-order valence-corrected chi connectivity index (χ0v) is 10.1. The average molecular weight is 217 g/mol. The molecule has 1 rings (SSSR count). The number of rotatable bonds is 7. The SMILES string of the molecule is CCCC1CCN(CCOCCS)C1. The summed E-state index contributed by atoms with van der Waals surface area (Å²) in [5.41, 5.74) is 0. The lowest BCUT2D eigenvalue weighted by Gasteiger charge is -2.15. The van der Waals surface area contributed by atoms with Crippen molar-refractivity contribution < 1.29 is 4.74 Å². The molecule has 1 heterocycles. The van der Waals surface area contributed by atoms with Crippen LogP contribution in [0.25, 0.3) is 0 Å². The van der Waals surface area contributed by atoms with Crippen LogP contribution in [0.15, 0.2) is 0 Å². The van der Waals surface area contributed by atoms with Gasteiger partial charge in [-0.2, -0.15) is 12.6 Å². The van der Waals surface area contributed by atoms with Crippen LogP contribution >= 0.6 is 12.6 Å². The summed E-state index contributed by atoms with van der Waals surface area (Å²) in [7, 11) is 0. The Hall–Kier alpha value is 0.270. The highest BCUT2D eigenvalue weighted by Gasteiger charge is 2.20. The van der Waals surface area contributed by atoms with Gasteiger partial charge in [0.25, 0.3) is 0 Å². The molecule has 0 aromatic rings. The highest BCUT2D eigenvalue weighted by molar-refractivity contribution is 7.80. The summed E-state index contributed by atoms with van der Waals surface area (Å²) >= 11 is 4.11. The minimum absolute atomic E-state index is 0.787. The van der Waals surface area contributed by atoms with Crippen molar-refractivity contribution in [1.29, 1.82) is 0 Å². The molecule has 1 aliphatic heterocycles. The van der Waals surface area contributed by atoms with Crippen LogP contribution < -0.4 is 0 Å². The Morgan fingerprint density at radius 2 is 2.29 bits per heavy atom. The first kappa shape index (κ1) is 12.3. The van der Waals surface area contributed by atoms with Gasteiger partial charge in [0.1, 0.15) is 0 Å². The van der Waals surface area contributed by atoms with Crippen molar-refractivity contribution in [2.75, 3.05) is 38.6 Å². The van der Waals surface area contributed by atoms with Crippen molar-refractivity contribution in [2.45, 2.75) is 26.2 Å². The van der Waals surface area contributed by atoms with Crippen LogP contribution in [-0.2, 0) is 4.74 Å². The molecule has 1 atom stereocenters. The van der Waals surface area contributed by atoms with Crippen LogP contribution in [0, 0.1) is 5.92 Å². The second-order valence-corrected chi connectivity index (χ2v) is 4.53. The summed E-state index contributed by atoms with van der Waals surface area (Å²) in [6.45, 7) is 7.61. The Bertz CT molecular complexity index is 143. The van der Waals surface area contributed by atoms with Gasteiger partial charge in [0.05, 0.1) is 13.2 Å². The Kier molecular flexibility index (Phi) is 6.65. The summed E-state index contributed by atoms with van der Waals surface area (Å²) in [6.07, 6.45) is 4.11. The van der Waals surface area contributed by atoms with Gasteiger partial charge in [-0.15, -0.1) is 0 Å². The third kappa shape index (κ3) is 4.67. The molecule has 1 unspecified atom stereocenters. The average Bonchev–Trinajstić information content (AvgIpc) is 2.61. The van der Waals surface area contributed by atoms with Crippen molar-refractivity contribution >= 4 is 12.6 Å². The first-order valence-corrected chi connectivity index (χ1v) is 6.41. The monoisotopic (exact) mass is 217 g/mol. The van der Waals surface area contributed by atoms with Gasteiger partial charge in [0, 0.05) is 18.8 Å². The molecule has 1 fully saturated rings. The summed E-state index contributed by atoms with van der Waals surface area (Å²) < 4.78 is 5.42. The van der Waals surface area contributed by atoms with Gasteiger partial charge in [0.2, 0.25) is 0 Å². The van der Waals surface area contributed by atoms with E-state index in [0.717, 1.165) is 31.4 Å². The maximum absolute atomic E-state index is 5.42. The molecule has 0 radical (unpaired) electrons. The summed E-state index contributed by atoms with van der Waals surface area (Å²) in [5.74, 6) is 1.78. The topological polar surface area (TPSA) is 12.5 Å². The van der Waals surface area contributed by atoms with Crippen molar-refractivity contribution in [3.8, 4) is 0 Å². The Morgan fingerprint density at radius 3 is 3.00 bits per heavy atom. The highest BCUT2D eigenvalue weighted by Crippen LogP contribution is 2.20. The zero-order chi connectivity index (χ0) is 10.2. The third-order valence-electron chi connectivity index (χ3n) is 2.85. The van der Waals surface area contributed by atoms with Gasteiger partial charge >= 0.3 is 0 Å². The van der Waals surface area contributed by atoms with Gasteiger partial charge in [-0.05, 0) is 25.3 Å². The molecule has 84 valence electrons. The van der Waals surface area contributed by atoms with Crippen molar-refractivity contribution in [2.24, 2.45) is 5.92 Å². The van der Waals surface area contributed by atoms with Crippen molar-refractivity contribution in [1.82, 2.24) is 4.90 Å². The van der Waals surface area contributed by atoms with E-state index in [2.05, 4.69) is 24.5 Å². The van der Waals surface area contributed by atoms with Gasteiger partial charge < -0.3 is 9.64 Å². The molecule has 0 N–H and O–H groups in total. The smallest absolute Gasteiger partial charge is 0.0593 e. The van der Waals surface area contributed by atoms with Crippen LogP contribution in [0.2, 0.25) is 0 Å². The Labute approximate surface area is 93.4 Å². The normalized spacial score (nSPS) is 23.1. The molecular formula is C11H23NOS. The standard InChI is InChI=1S/C11H23NOS/c1-2-3-11-4-5-12(10-11)6-7-13-8-9-14/h11,14H,2-10H2,1H3. The molecule has 0 saturated carbocycles. The lowest BCUT2D eigenvalue weighted by atomic mass is 10.0. The van der Waals surface area contributed by atoms with E-state index in [9.17, 15) is 0 Å². The fraction of sp³-hybridized carbons (Fsp3) is 1.00. The Morgan fingerprint density at radius 1 is 1.43 bits per heavy atom. The predicted molar refractivity (Wildman–Crippen MR) is 64.1 cm³/mol. The molecule has 2 nitrogen and oxygen atoms in total. The van der Waals surface area contributed by atoms with Crippen LogP contribution in [0.5, 0.6) is 0 Å². The first-order valence-electron chi connectivity index (χ1n) is 5.77. The largest absolute Gasteiger partial charge is 0.379 e. The fourth-order valence-electron chi connectivity index (χ4n) is 2.12. The maximum Gasteiger partial charge on any atom is 0.0593 e. The summed E-state index contributed by atoms with van der Waals surface area (Å²) in [6, 6.07) is 0. The van der Waals surface area contributed by atoms with E-state index in [4.69, 9.17) is 4.74 Å². The number of ether oxygens (including phenoxy) is 1. The lowest BCUT2D eigenvalue weighted by Crippen LogP contribution is -2.25. The predicted octanol–water partition coefficient (Wildman–Crippen LogP) is 2.05. The summed E-state index contributed by atoms with van der Waals surface area (Å²) in [4.78, 5) is 2.53. The summed E-state index contributed by atoms with van der Waals surface area (Å²) in [5, 5.41) is 0. The molecule has 0 amide bonds. The number of hydrogen-bond acceptors (Lipinski definition) is 3. The number of thiol groups is 1. The van der Waals surface area contributed by atoms with E-state index < -0.39 is 0 Å². The van der Waals surface area contributed by atoms with E-state index in [-0.39, 0.29) is 0 Å². The van der Waals surface area contributed by atoms with Gasteiger partial charge in [-0.1, -0.05) is 13.3 Å². The zero-order valence-electron chi connectivity index (χ0n) is 9.24. The highest BCUT2D eigenvalue weighted by atomic mass is 32.1. The van der Waals surface area contributed by atoms with Crippen molar-refractivity contribution in [3.63, 3.8) is 0 Å². The van der Waals surface area contributed by atoms with Crippen LogP contribution in [0.4, 0.5) is 0 Å². The first-order chi connectivity index (χ1) is 6.86.